The van der Waals surface area contributed by atoms with Gasteiger partial charge in [-0.3, -0.25) is 9.78 Å². The minimum Gasteiger partial charge on any atom is -0.481 e. The molecule has 1 saturated carbocycles. The number of hydrogen-bond acceptors (Lipinski definition) is 3. The molecule has 0 atom stereocenters. The first kappa shape index (κ1) is 14.0. The molecular weight excluding hydrogens is 240 g/mol. The zero-order chi connectivity index (χ0) is 13.7. The highest BCUT2D eigenvalue weighted by atomic mass is 16.4. The fraction of sp³-hybridized carbons (Fsp3) is 0.600. The lowest BCUT2D eigenvalue weighted by molar-refractivity contribution is -0.143. The Morgan fingerprint density at radius 2 is 1.95 bits per heavy atom. The molecule has 1 aliphatic carbocycles. The van der Waals surface area contributed by atoms with Gasteiger partial charge in [-0.15, -0.1) is 0 Å². The van der Waals surface area contributed by atoms with Crippen molar-refractivity contribution in [1.82, 2.24) is 9.88 Å². The number of rotatable bonds is 5. The third-order valence-corrected chi connectivity index (χ3v) is 4.17. The van der Waals surface area contributed by atoms with Gasteiger partial charge < -0.3 is 10.0 Å². The van der Waals surface area contributed by atoms with E-state index in [0.29, 0.717) is 6.04 Å². The van der Waals surface area contributed by atoms with E-state index in [1.54, 1.807) is 0 Å². The summed E-state index contributed by atoms with van der Waals surface area (Å²) in [5.74, 6) is -0.747. The van der Waals surface area contributed by atoms with Crippen LogP contribution in [0, 0.1) is 5.92 Å². The molecule has 1 heterocycles. The highest BCUT2D eigenvalue weighted by Gasteiger charge is 2.27. The van der Waals surface area contributed by atoms with Gasteiger partial charge in [-0.05, 0) is 56.8 Å². The van der Waals surface area contributed by atoms with Crippen LogP contribution in [0.3, 0.4) is 0 Å². The number of pyridine rings is 1. The number of carboxylic acids is 1. The molecule has 1 fully saturated rings. The van der Waals surface area contributed by atoms with E-state index in [0.717, 1.165) is 38.6 Å². The van der Waals surface area contributed by atoms with E-state index in [9.17, 15) is 4.79 Å². The number of hydrogen-bond donors (Lipinski definition) is 1. The number of aliphatic carboxylic acids is 1. The van der Waals surface area contributed by atoms with Crippen LogP contribution in [0.25, 0.3) is 0 Å². The second kappa shape index (κ2) is 6.66. The van der Waals surface area contributed by atoms with Crippen molar-refractivity contribution >= 4 is 5.97 Å². The number of likely N-dealkylation sites (N-methyl/N-ethyl adjacent to an activating group) is 1. The van der Waals surface area contributed by atoms with Crippen molar-refractivity contribution < 1.29 is 9.90 Å². The molecule has 0 unspecified atom stereocenters. The van der Waals surface area contributed by atoms with E-state index in [-0.39, 0.29) is 5.92 Å². The van der Waals surface area contributed by atoms with Crippen molar-refractivity contribution in [1.29, 1.82) is 0 Å². The van der Waals surface area contributed by atoms with Gasteiger partial charge >= 0.3 is 5.97 Å². The van der Waals surface area contributed by atoms with Crippen LogP contribution in [-0.2, 0) is 11.2 Å². The molecule has 1 aromatic heterocycles. The highest BCUT2D eigenvalue weighted by molar-refractivity contribution is 5.70. The average Bonchev–Trinajstić information content (AvgIpc) is 2.46. The van der Waals surface area contributed by atoms with Gasteiger partial charge in [0, 0.05) is 25.0 Å². The third-order valence-electron chi connectivity index (χ3n) is 4.17. The first-order chi connectivity index (χ1) is 9.16. The fourth-order valence-electron chi connectivity index (χ4n) is 2.80. The molecule has 0 saturated heterocycles. The smallest absolute Gasteiger partial charge is 0.306 e. The minimum absolute atomic E-state index is 0.121. The molecule has 104 valence electrons. The van der Waals surface area contributed by atoms with Crippen LogP contribution < -0.4 is 0 Å². The molecule has 0 aliphatic heterocycles. The molecule has 2 rings (SSSR count). The number of nitrogens with zero attached hydrogens (tertiary/aromatic N) is 2. The Bertz CT molecular complexity index is 400. The maximum atomic E-state index is 10.9. The van der Waals surface area contributed by atoms with Crippen molar-refractivity contribution in [3.8, 4) is 0 Å². The van der Waals surface area contributed by atoms with E-state index >= 15 is 0 Å². The van der Waals surface area contributed by atoms with E-state index in [1.165, 1.54) is 5.56 Å². The van der Waals surface area contributed by atoms with E-state index in [2.05, 4.69) is 29.1 Å². The van der Waals surface area contributed by atoms with Gasteiger partial charge in [-0.1, -0.05) is 0 Å². The first-order valence-electron chi connectivity index (χ1n) is 6.99. The van der Waals surface area contributed by atoms with Crippen LogP contribution >= 0.6 is 0 Å². The summed E-state index contributed by atoms with van der Waals surface area (Å²) in [5, 5.41) is 9.00. The molecule has 1 aliphatic rings. The lowest BCUT2D eigenvalue weighted by atomic mass is 9.85. The lowest BCUT2D eigenvalue weighted by Gasteiger charge is -2.33. The molecule has 0 aromatic carbocycles. The number of aromatic nitrogens is 1. The average molecular weight is 262 g/mol. The summed E-state index contributed by atoms with van der Waals surface area (Å²) in [7, 11) is 2.15. The van der Waals surface area contributed by atoms with Gasteiger partial charge in [0.2, 0.25) is 0 Å². The normalized spacial score (nSPS) is 23.5. The highest BCUT2D eigenvalue weighted by Crippen LogP contribution is 2.27. The maximum absolute atomic E-state index is 10.9. The van der Waals surface area contributed by atoms with Crippen molar-refractivity contribution in [2.45, 2.75) is 38.1 Å². The van der Waals surface area contributed by atoms with Crippen LogP contribution in [0.15, 0.2) is 24.5 Å². The molecule has 1 aromatic rings. The molecule has 4 nitrogen and oxygen atoms in total. The Kier molecular flexibility index (Phi) is 4.91. The van der Waals surface area contributed by atoms with Gasteiger partial charge in [-0.25, -0.2) is 0 Å². The summed E-state index contributed by atoms with van der Waals surface area (Å²) >= 11 is 0. The second-order valence-electron chi connectivity index (χ2n) is 5.43. The minimum atomic E-state index is -0.627. The number of carbonyl (C=O) groups is 1. The summed E-state index contributed by atoms with van der Waals surface area (Å²) in [6.07, 6.45) is 8.32. The van der Waals surface area contributed by atoms with Crippen LogP contribution in [0.1, 0.15) is 31.2 Å². The second-order valence-corrected chi connectivity index (χ2v) is 5.43. The van der Waals surface area contributed by atoms with Crippen molar-refractivity contribution in [2.75, 3.05) is 13.6 Å². The SMILES string of the molecule is CN(CCc1ccncc1)C1CCC(C(=O)O)CC1. The Balaban J connectivity index is 1.75. The summed E-state index contributed by atoms with van der Waals surface area (Å²) in [4.78, 5) is 17.3. The molecule has 0 amide bonds. The third kappa shape index (κ3) is 4.03. The van der Waals surface area contributed by atoms with Gasteiger partial charge in [0.1, 0.15) is 0 Å². The monoisotopic (exact) mass is 262 g/mol. The Morgan fingerprint density at radius 3 is 2.53 bits per heavy atom. The quantitative estimate of drug-likeness (QED) is 0.884. The topological polar surface area (TPSA) is 53.4 Å². The first-order valence-corrected chi connectivity index (χ1v) is 6.99. The Labute approximate surface area is 114 Å². The van der Waals surface area contributed by atoms with E-state index in [1.807, 2.05) is 12.4 Å². The fourth-order valence-corrected chi connectivity index (χ4v) is 2.80. The Hall–Kier alpha value is -1.42. The molecule has 0 bridgehead atoms. The van der Waals surface area contributed by atoms with Gasteiger partial charge in [0.05, 0.1) is 5.92 Å². The van der Waals surface area contributed by atoms with Crippen molar-refractivity contribution in [2.24, 2.45) is 5.92 Å². The predicted octanol–water partition coefficient (Wildman–Crippen LogP) is 2.20. The van der Waals surface area contributed by atoms with Gasteiger partial charge in [0.15, 0.2) is 0 Å². The summed E-state index contributed by atoms with van der Waals surface area (Å²) in [6, 6.07) is 4.64. The zero-order valence-electron chi connectivity index (χ0n) is 11.5. The van der Waals surface area contributed by atoms with Gasteiger partial charge in [0.25, 0.3) is 0 Å². The van der Waals surface area contributed by atoms with Crippen molar-refractivity contribution in [3.63, 3.8) is 0 Å². The van der Waals surface area contributed by atoms with Crippen LogP contribution in [-0.4, -0.2) is 40.6 Å². The summed E-state index contributed by atoms with van der Waals surface area (Å²) in [5.41, 5.74) is 1.31. The van der Waals surface area contributed by atoms with E-state index < -0.39 is 5.97 Å². The van der Waals surface area contributed by atoms with E-state index in [4.69, 9.17) is 5.11 Å². The Morgan fingerprint density at radius 1 is 1.32 bits per heavy atom. The van der Waals surface area contributed by atoms with Crippen LogP contribution in [0.4, 0.5) is 0 Å². The van der Waals surface area contributed by atoms with Crippen molar-refractivity contribution in [3.05, 3.63) is 30.1 Å². The standard InChI is InChI=1S/C15H22N2O2/c1-17(11-8-12-6-9-16-10-7-12)14-4-2-13(3-5-14)15(18)19/h6-7,9-10,13-14H,2-5,8,11H2,1H3,(H,18,19). The summed E-state index contributed by atoms with van der Waals surface area (Å²) in [6.45, 7) is 1.02. The molecule has 1 N–H and O–H groups in total. The summed E-state index contributed by atoms with van der Waals surface area (Å²) < 4.78 is 0. The molecule has 0 spiro atoms. The van der Waals surface area contributed by atoms with Gasteiger partial charge in [-0.2, -0.15) is 0 Å². The largest absolute Gasteiger partial charge is 0.481 e. The molecule has 19 heavy (non-hydrogen) atoms. The predicted molar refractivity (Wildman–Crippen MR) is 74.0 cm³/mol. The van der Waals surface area contributed by atoms with Crippen LogP contribution in [0.5, 0.6) is 0 Å². The molecule has 4 heteroatoms. The zero-order valence-corrected chi connectivity index (χ0v) is 11.5. The number of carboxylic acid groups (broad SMARTS) is 1. The van der Waals surface area contributed by atoms with Crippen LogP contribution in [0.2, 0.25) is 0 Å². The molecular formula is C15H22N2O2. The molecule has 0 radical (unpaired) electrons. The maximum Gasteiger partial charge on any atom is 0.306 e. The lowest BCUT2D eigenvalue weighted by Crippen LogP contribution is -2.37.